The number of aliphatic hydroxyl groups is 1. The number of imidazole rings is 1. The van der Waals surface area contributed by atoms with Crippen molar-refractivity contribution in [1.29, 1.82) is 0 Å². The zero-order chi connectivity index (χ0) is 21.8. The Kier molecular flexibility index (Phi) is 5.90. The fraction of sp³-hybridized carbons (Fsp3) is 0.217. The van der Waals surface area contributed by atoms with Crippen molar-refractivity contribution in [2.45, 2.75) is 13.2 Å². The van der Waals surface area contributed by atoms with Gasteiger partial charge >= 0.3 is 0 Å². The Labute approximate surface area is 180 Å². The number of methoxy groups -OCH3 is 3. The molecule has 0 fully saturated rings. The molecule has 0 aliphatic heterocycles. The van der Waals surface area contributed by atoms with Gasteiger partial charge in [0.15, 0.2) is 17.1 Å². The lowest BCUT2D eigenvalue weighted by Gasteiger charge is -2.14. The van der Waals surface area contributed by atoms with Crippen LogP contribution in [-0.4, -0.2) is 41.0 Å². The van der Waals surface area contributed by atoms with Gasteiger partial charge in [-0.05, 0) is 35.4 Å². The average molecular weight is 420 g/mol. The Morgan fingerprint density at radius 1 is 0.903 bits per heavy atom. The molecule has 0 unspecified atom stereocenters. The maximum absolute atomic E-state index is 9.25. The SMILES string of the molecule is COc1cc(CNc2ccc3ncc(-c4ccc(CO)cc4)n3n2)cc(OC)c1OC. The van der Waals surface area contributed by atoms with Crippen molar-refractivity contribution >= 4 is 11.5 Å². The molecule has 2 aromatic carbocycles. The number of benzene rings is 2. The predicted octanol–water partition coefficient (Wildman–Crippen LogP) is 3.53. The molecule has 4 rings (SSSR count). The highest BCUT2D eigenvalue weighted by Crippen LogP contribution is 2.38. The van der Waals surface area contributed by atoms with Crippen LogP contribution in [-0.2, 0) is 13.2 Å². The molecule has 31 heavy (non-hydrogen) atoms. The van der Waals surface area contributed by atoms with Crippen LogP contribution in [0, 0.1) is 0 Å². The summed E-state index contributed by atoms with van der Waals surface area (Å²) in [6.07, 6.45) is 1.79. The molecular weight excluding hydrogens is 396 g/mol. The van der Waals surface area contributed by atoms with Gasteiger partial charge in [-0.25, -0.2) is 9.50 Å². The van der Waals surface area contributed by atoms with Crippen LogP contribution in [0.3, 0.4) is 0 Å². The van der Waals surface area contributed by atoms with E-state index in [4.69, 9.17) is 19.3 Å². The van der Waals surface area contributed by atoms with Gasteiger partial charge in [-0.15, -0.1) is 5.10 Å². The van der Waals surface area contributed by atoms with Gasteiger partial charge in [0, 0.05) is 12.1 Å². The minimum Gasteiger partial charge on any atom is -0.493 e. The Balaban J connectivity index is 1.59. The third-order valence-corrected chi connectivity index (χ3v) is 4.99. The molecule has 8 heteroatoms. The molecule has 160 valence electrons. The topological polar surface area (TPSA) is 90.1 Å². The lowest BCUT2D eigenvalue weighted by molar-refractivity contribution is 0.282. The fourth-order valence-electron chi connectivity index (χ4n) is 3.38. The third-order valence-electron chi connectivity index (χ3n) is 4.99. The van der Waals surface area contributed by atoms with Crippen LogP contribution in [0.25, 0.3) is 16.9 Å². The van der Waals surface area contributed by atoms with Gasteiger partial charge in [0.05, 0.1) is 39.8 Å². The van der Waals surface area contributed by atoms with E-state index in [9.17, 15) is 5.11 Å². The first-order valence-electron chi connectivity index (χ1n) is 9.74. The summed E-state index contributed by atoms with van der Waals surface area (Å²) >= 11 is 0. The second-order valence-corrected chi connectivity index (χ2v) is 6.87. The number of ether oxygens (including phenoxy) is 3. The van der Waals surface area contributed by atoms with Crippen LogP contribution < -0.4 is 19.5 Å². The van der Waals surface area contributed by atoms with Gasteiger partial charge in [0.1, 0.15) is 5.82 Å². The van der Waals surface area contributed by atoms with Crippen molar-refractivity contribution in [3.63, 3.8) is 0 Å². The minimum absolute atomic E-state index is 0.0146. The summed E-state index contributed by atoms with van der Waals surface area (Å²) in [5.41, 5.74) is 4.41. The molecule has 0 spiro atoms. The molecule has 0 saturated heterocycles. The maximum atomic E-state index is 9.25. The Hall–Kier alpha value is -3.78. The van der Waals surface area contributed by atoms with E-state index in [1.165, 1.54) is 0 Å². The van der Waals surface area contributed by atoms with E-state index in [1.807, 2.05) is 48.5 Å². The second kappa shape index (κ2) is 8.93. The molecule has 0 amide bonds. The van der Waals surface area contributed by atoms with Crippen LogP contribution >= 0.6 is 0 Å². The normalized spacial score (nSPS) is 10.8. The molecule has 0 bridgehead atoms. The lowest BCUT2D eigenvalue weighted by Crippen LogP contribution is -2.05. The first-order chi connectivity index (χ1) is 15.2. The molecule has 0 aliphatic rings. The van der Waals surface area contributed by atoms with Crippen molar-refractivity contribution in [2.24, 2.45) is 0 Å². The summed E-state index contributed by atoms with van der Waals surface area (Å²) in [6.45, 7) is 0.533. The van der Waals surface area contributed by atoms with Gasteiger partial charge in [-0.1, -0.05) is 24.3 Å². The van der Waals surface area contributed by atoms with Gasteiger partial charge in [-0.3, -0.25) is 0 Å². The fourth-order valence-corrected chi connectivity index (χ4v) is 3.38. The van der Waals surface area contributed by atoms with Crippen molar-refractivity contribution in [2.75, 3.05) is 26.6 Å². The summed E-state index contributed by atoms with van der Waals surface area (Å²) in [4.78, 5) is 4.44. The van der Waals surface area contributed by atoms with Gasteiger partial charge < -0.3 is 24.6 Å². The Morgan fingerprint density at radius 3 is 2.23 bits per heavy atom. The van der Waals surface area contributed by atoms with E-state index in [0.717, 1.165) is 28.0 Å². The quantitative estimate of drug-likeness (QED) is 0.451. The minimum atomic E-state index is 0.0146. The summed E-state index contributed by atoms with van der Waals surface area (Å²) in [5.74, 6) is 2.46. The number of hydrogen-bond acceptors (Lipinski definition) is 7. The summed E-state index contributed by atoms with van der Waals surface area (Å²) in [6, 6.07) is 15.3. The molecule has 0 aliphatic carbocycles. The number of aliphatic hydroxyl groups excluding tert-OH is 1. The zero-order valence-electron chi connectivity index (χ0n) is 17.6. The molecule has 0 atom stereocenters. The van der Waals surface area contributed by atoms with Gasteiger partial charge in [0.2, 0.25) is 5.75 Å². The maximum Gasteiger partial charge on any atom is 0.203 e. The average Bonchev–Trinajstić information content (AvgIpc) is 3.25. The largest absolute Gasteiger partial charge is 0.493 e. The molecule has 2 N–H and O–H groups in total. The highest BCUT2D eigenvalue weighted by Gasteiger charge is 2.13. The van der Waals surface area contributed by atoms with Crippen LogP contribution in [0.4, 0.5) is 5.82 Å². The standard InChI is InChI=1S/C23H24N4O4/c1-29-19-10-16(11-20(30-2)23(19)31-3)12-24-21-8-9-22-25-13-18(27(22)26-21)17-6-4-15(14-28)5-7-17/h4-11,13,28H,12,14H2,1-3H3,(H,24,26). The first-order valence-corrected chi connectivity index (χ1v) is 9.74. The molecule has 0 saturated carbocycles. The summed E-state index contributed by atoms with van der Waals surface area (Å²) < 4.78 is 18.0. The van der Waals surface area contributed by atoms with Crippen LogP contribution in [0.2, 0.25) is 0 Å². The highest BCUT2D eigenvalue weighted by molar-refractivity contribution is 5.64. The first kappa shape index (κ1) is 20.5. The molecule has 2 heterocycles. The van der Waals surface area contributed by atoms with Gasteiger partial charge in [0.25, 0.3) is 0 Å². The Morgan fingerprint density at radius 2 is 1.61 bits per heavy atom. The Bertz CT molecular complexity index is 1160. The molecule has 4 aromatic rings. The van der Waals surface area contributed by atoms with Crippen molar-refractivity contribution in [3.8, 4) is 28.5 Å². The molecule has 0 radical (unpaired) electrons. The molecule has 8 nitrogen and oxygen atoms in total. The predicted molar refractivity (Wildman–Crippen MR) is 118 cm³/mol. The molecular formula is C23H24N4O4. The van der Waals surface area contributed by atoms with E-state index < -0.39 is 0 Å². The van der Waals surface area contributed by atoms with Crippen LogP contribution in [0.5, 0.6) is 17.2 Å². The van der Waals surface area contributed by atoms with E-state index in [2.05, 4.69) is 10.3 Å². The van der Waals surface area contributed by atoms with E-state index in [-0.39, 0.29) is 6.61 Å². The smallest absolute Gasteiger partial charge is 0.203 e. The van der Waals surface area contributed by atoms with Gasteiger partial charge in [-0.2, -0.15) is 0 Å². The lowest BCUT2D eigenvalue weighted by atomic mass is 10.1. The van der Waals surface area contributed by atoms with E-state index in [0.29, 0.717) is 29.6 Å². The third kappa shape index (κ3) is 4.10. The number of hydrogen-bond donors (Lipinski definition) is 2. The van der Waals surface area contributed by atoms with Crippen molar-refractivity contribution in [1.82, 2.24) is 14.6 Å². The second-order valence-electron chi connectivity index (χ2n) is 6.87. The number of anilines is 1. The zero-order valence-corrected chi connectivity index (χ0v) is 17.6. The van der Waals surface area contributed by atoms with E-state index >= 15 is 0 Å². The summed E-state index contributed by atoms with van der Waals surface area (Å²) in [7, 11) is 4.77. The summed E-state index contributed by atoms with van der Waals surface area (Å²) in [5, 5.41) is 17.3. The number of rotatable bonds is 8. The number of fused-ring (bicyclic) bond motifs is 1. The number of nitrogens with zero attached hydrogens (tertiary/aromatic N) is 3. The van der Waals surface area contributed by atoms with Crippen molar-refractivity contribution in [3.05, 3.63) is 65.9 Å². The number of nitrogens with one attached hydrogen (secondary N) is 1. The number of aromatic nitrogens is 3. The van der Waals surface area contributed by atoms with Crippen molar-refractivity contribution < 1.29 is 19.3 Å². The molecule has 2 aromatic heterocycles. The monoisotopic (exact) mass is 420 g/mol. The van der Waals surface area contributed by atoms with E-state index in [1.54, 1.807) is 32.0 Å². The van der Waals surface area contributed by atoms with Crippen LogP contribution in [0.15, 0.2) is 54.7 Å². The highest BCUT2D eigenvalue weighted by atomic mass is 16.5. The van der Waals surface area contributed by atoms with Crippen LogP contribution in [0.1, 0.15) is 11.1 Å².